The lowest BCUT2D eigenvalue weighted by Gasteiger charge is -2.32. The lowest BCUT2D eigenvalue weighted by molar-refractivity contribution is 0.0902. The SMILES string of the molecule is COc1ccccc1-c1ccc(N2CCC[C@H](C(=O)c3ccccn3)C2)nn1. The van der Waals surface area contributed by atoms with E-state index in [1.54, 1.807) is 19.4 Å². The molecule has 1 saturated heterocycles. The van der Waals surface area contributed by atoms with Crippen molar-refractivity contribution in [3.05, 3.63) is 66.5 Å². The fourth-order valence-electron chi connectivity index (χ4n) is 3.61. The quantitative estimate of drug-likeness (QED) is 0.635. The number of anilines is 1. The number of hydrogen-bond acceptors (Lipinski definition) is 6. The highest BCUT2D eigenvalue weighted by molar-refractivity contribution is 5.96. The van der Waals surface area contributed by atoms with Gasteiger partial charge in [-0.2, -0.15) is 0 Å². The van der Waals surface area contributed by atoms with Crippen molar-refractivity contribution in [2.45, 2.75) is 12.8 Å². The molecule has 6 nitrogen and oxygen atoms in total. The van der Waals surface area contributed by atoms with E-state index in [1.165, 1.54) is 0 Å². The van der Waals surface area contributed by atoms with Gasteiger partial charge in [0.25, 0.3) is 0 Å². The summed E-state index contributed by atoms with van der Waals surface area (Å²) in [5.74, 6) is 1.59. The number of piperidine rings is 1. The number of hydrogen-bond donors (Lipinski definition) is 0. The predicted molar refractivity (Wildman–Crippen MR) is 108 cm³/mol. The zero-order valence-electron chi connectivity index (χ0n) is 15.8. The minimum atomic E-state index is -0.0701. The van der Waals surface area contributed by atoms with E-state index in [9.17, 15) is 4.79 Å². The minimum absolute atomic E-state index is 0.0701. The van der Waals surface area contributed by atoms with Gasteiger partial charge in [0.05, 0.1) is 12.8 Å². The highest BCUT2D eigenvalue weighted by Crippen LogP contribution is 2.29. The highest BCUT2D eigenvalue weighted by Gasteiger charge is 2.28. The summed E-state index contributed by atoms with van der Waals surface area (Å²) >= 11 is 0. The molecule has 1 aliphatic heterocycles. The van der Waals surface area contributed by atoms with Crippen LogP contribution in [0.5, 0.6) is 5.75 Å². The summed E-state index contributed by atoms with van der Waals surface area (Å²) < 4.78 is 5.41. The molecule has 2 aromatic heterocycles. The average molecular weight is 374 g/mol. The number of nitrogens with zero attached hydrogens (tertiary/aromatic N) is 4. The summed E-state index contributed by atoms with van der Waals surface area (Å²) in [4.78, 5) is 19.1. The van der Waals surface area contributed by atoms with Crippen LogP contribution in [-0.4, -0.2) is 41.2 Å². The molecule has 0 spiro atoms. The second-order valence-electron chi connectivity index (χ2n) is 6.84. The van der Waals surface area contributed by atoms with E-state index in [0.717, 1.165) is 42.2 Å². The van der Waals surface area contributed by atoms with Crippen molar-refractivity contribution in [1.82, 2.24) is 15.2 Å². The van der Waals surface area contributed by atoms with Gasteiger partial charge in [0.2, 0.25) is 0 Å². The second kappa shape index (κ2) is 8.17. The molecule has 142 valence electrons. The number of carbonyl (C=O) groups is 1. The third-order valence-corrected chi connectivity index (χ3v) is 5.07. The van der Waals surface area contributed by atoms with E-state index >= 15 is 0 Å². The molecule has 0 amide bonds. The third-order valence-electron chi connectivity index (χ3n) is 5.07. The van der Waals surface area contributed by atoms with Crippen LogP contribution >= 0.6 is 0 Å². The van der Waals surface area contributed by atoms with Crippen LogP contribution in [-0.2, 0) is 0 Å². The highest BCUT2D eigenvalue weighted by atomic mass is 16.5. The van der Waals surface area contributed by atoms with Crippen molar-refractivity contribution in [1.29, 1.82) is 0 Å². The third kappa shape index (κ3) is 3.71. The van der Waals surface area contributed by atoms with Crippen LogP contribution in [0.1, 0.15) is 23.3 Å². The largest absolute Gasteiger partial charge is 0.496 e. The molecular weight excluding hydrogens is 352 g/mol. The van der Waals surface area contributed by atoms with Gasteiger partial charge in [-0.25, -0.2) is 0 Å². The molecule has 3 aromatic rings. The molecule has 0 N–H and O–H groups in total. The van der Waals surface area contributed by atoms with Gasteiger partial charge in [0.1, 0.15) is 11.4 Å². The van der Waals surface area contributed by atoms with Gasteiger partial charge in [-0.15, -0.1) is 10.2 Å². The predicted octanol–water partition coefficient (Wildman–Crippen LogP) is 3.65. The summed E-state index contributed by atoms with van der Waals surface area (Å²) in [5.41, 5.74) is 2.21. The summed E-state index contributed by atoms with van der Waals surface area (Å²) in [6.07, 6.45) is 3.48. The number of ether oxygens (including phenoxy) is 1. The number of ketones is 1. The second-order valence-corrected chi connectivity index (χ2v) is 6.84. The number of aromatic nitrogens is 3. The van der Waals surface area contributed by atoms with E-state index in [1.807, 2.05) is 48.5 Å². The van der Waals surface area contributed by atoms with E-state index < -0.39 is 0 Å². The Morgan fingerprint density at radius 3 is 2.68 bits per heavy atom. The molecule has 0 bridgehead atoms. The van der Waals surface area contributed by atoms with E-state index in [-0.39, 0.29) is 11.7 Å². The van der Waals surface area contributed by atoms with Gasteiger partial charge >= 0.3 is 0 Å². The fraction of sp³-hybridized carbons (Fsp3) is 0.273. The van der Waals surface area contributed by atoms with Gasteiger partial charge in [0, 0.05) is 30.8 Å². The Morgan fingerprint density at radius 2 is 1.93 bits per heavy atom. The van der Waals surface area contributed by atoms with Crippen molar-refractivity contribution in [3.63, 3.8) is 0 Å². The number of para-hydroxylation sites is 1. The number of rotatable bonds is 5. The molecule has 28 heavy (non-hydrogen) atoms. The summed E-state index contributed by atoms with van der Waals surface area (Å²) in [6.45, 7) is 1.51. The first kappa shape index (κ1) is 18.1. The average Bonchev–Trinajstić information content (AvgIpc) is 2.79. The van der Waals surface area contributed by atoms with Gasteiger partial charge < -0.3 is 9.64 Å². The molecule has 1 aliphatic rings. The minimum Gasteiger partial charge on any atom is -0.496 e. The number of carbonyl (C=O) groups excluding carboxylic acids is 1. The van der Waals surface area contributed by atoms with Gasteiger partial charge in [-0.3, -0.25) is 9.78 Å². The van der Waals surface area contributed by atoms with E-state index in [0.29, 0.717) is 12.2 Å². The lowest BCUT2D eigenvalue weighted by Crippen LogP contribution is -2.39. The molecular formula is C22H22N4O2. The molecule has 0 unspecified atom stereocenters. The maximum absolute atomic E-state index is 12.7. The zero-order valence-corrected chi connectivity index (χ0v) is 15.8. The Hall–Kier alpha value is -3.28. The smallest absolute Gasteiger partial charge is 0.185 e. The first-order chi connectivity index (χ1) is 13.8. The Labute approximate surface area is 164 Å². The molecule has 3 heterocycles. The monoisotopic (exact) mass is 374 g/mol. The summed E-state index contributed by atoms with van der Waals surface area (Å²) in [7, 11) is 1.65. The Kier molecular flexibility index (Phi) is 5.28. The number of pyridine rings is 1. The lowest BCUT2D eigenvalue weighted by atomic mass is 9.92. The molecule has 1 atom stereocenters. The number of methoxy groups -OCH3 is 1. The van der Waals surface area contributed by atoms with Crippen LogP contribution in [0.15, 0.2) is 60.8 Å². The molecule has 0 saturated carbocycles. The van der Waals surface area contributed by atoms with Crippen LogP contribution in [0.3, 0.4) is 0 Å². The summed E-state index contributed by atoms with van der Waals surface area (Å²) in [6, 6.07) is 17.1. The molecule has 0 aliphatic carbocycles. The first-order valence-corrected chi connectivity index (χ1v) is 9.43. The van der Waals surface area contributed by atoms with Gasteiger partial charge in [-0.05, 0) is 49.2 Å². The van der Waals surface area contributed by atoms with Crippen molar-refractivity contribution < 1.29 is 9.53 Å². The Balaban J connectivity index is 1.50. The van der Waals surface area contributed by atoms with Crippen LogP contribution in [0, 0.1) is 5.92 Å². The standard InChI is InChI=1S/C22H22N4O2/c1-28-20-10-3-2-8-17(20)18-11-12-21(25-24-18)26-14-6-7-16(15-26)22(27)19-9-4-5-13-23-19/h2-5,8-13,16H,6-7,14-15H2,1H3/t16-/m0/s1. The normalized spacial score (nSPS) is 16.6. The topological polar surface area (TPSA) is 68.2 Å². The number of benzene rings is 1. The molecule has 4 rings (SSSR count). The first-order valence-electron chi connectivity index (χ1n) is 9.43. The van der Waals surface area contributed by atoms with E-state index in [4.69, 9.17) is 4.74 Å². The van der Waals surface area contributed by atoms with Crippen molar-refractivity contribution >= 4 is 11.6 Å². The van der Waals surface area contributed by atoms with Crippen LogP contribution in [0.2, 0.25) is 0 Å². The Morgan fingerprint density at radius 1 is 1.07 bits per heavy atom. The van der Waals surface area contributed by atoms with Crippen LogP contribution in [0.4, 0.5) is 5.82 Å². The molecule has 6 heteroatoms. The summed E-state index contributed by atoms with van der Waals surface area (Å²) in [5, 5.41) is 8.81. The zero-order chi connectivity index (χ0) is 19.3. The molecule has 1 aromatic carbocycles. The number of Topliss-reactive ketones (excluding diaryl/α,β-unsaturated/α-hetero) is 1. The molecule has 0 radical (unpaired) electrons. The fourth-order valence-corrected chi connectivity index (χ4v) is 3.61. The Bertz CT molecular complexity index is 944. The van der Waals surface area contributed by atoms with Crippen molar-refractivity contribution in [2.24, 2.45) is 5.92 Å². The molecule has 1 fully saturated rings. The maximum atomic E-state index is 12.7. The van der Waals surface area contributed by atoms with Crippen LogP contribution < -0.4 is 9.64 Å². The van der Waals surface area contributed by atoms with Crippen molar-refractivity contribution in [2.75, 3.05) is 25.1 Å². The van der Waals surface area contributed by atoms with Crippen molar-refractivity contribution in [3.8, 4) is 17.0 Å². The van der Waals surface area contributed by atoms with Gasteiger partial charge in [-0.1, -0.05) is 18.2 Å². The van der Waals surface area contributed by atoms with E-state index in [2.05, 4.69) is 20.1 Å². The van der Waals surface area contributed by atoms with Gasteiger partial charge in [0.15, 0.2) is 11.6 Å². The van der Waals surface area contributed by atoms with Crippen LogP contribution in [0.25, 0.3) is 11.3 Å². The maximum Gasteiger partial charge on any atom is 0.185 e.